The van der Waals surface area contributed by atoms with Crippen molar-refractivity contribution in [3.05, 3.63) is 59.7 Å². The van der Waals surface area contributed by atoms with Crippen molar-refractivity contribution in [2.24, 2.45) is 5.92 Å². The number of methoxy groups -OCH3 is 1. The fraction of sp³-hybridized carbons (Fsp3) is 0.480. The number of amides is 1. The van der Waals surface area contributed by atoms with Crippen LogP contribution in [-0.4, -0.2) is 45.7 Å². The first kappa shape index (κ1) is 26.6. The first-order valence-electron chi connectivity index (χ1n) is 12.0. The molecule has 196 valence electrons. The van der Waals surface area contributed by atoms with Crippen LogP contribution in [0.2, 0.25) is 0 Å². The molecule has 11 heteroatoms. The maximum Gasteiger partial charge on any atom is 0.282 e. The molecular weight excluding hydrogens is 502 g/mol. The molecule has 4 rings (SSSR count). The summed E-state index contributed by atoms with van der Waals surface area (Å²) >= 11 is 0. The Morgan fingerprint density at radius 2 is 1.64 bits per heavy atom. The number of carbonyl (C=O) groups is 1. The average Bonchev–Trinajstić information content (AvgIpc) is 3.11. The van der Waals surface area contributed by atoms with E-state index in [1.54, 1.807) is 24.3 Å². The average molecular weight is 536 g/mol. The Balaban J connectivity index is 1.72. The second-order valence-corrected chi connectivity index (χ2v) is 14.1. The van der Waals surface area contributed by atoms with Gasteiger partial charge in [-0.15, -0.1) is 0 Å². The van der Waals surface area contributed by atoms with Gasteiger partial charge in [-0.2, -0.15) is 23.0 Å². The molecule has 1 aliphatic carbocycles. The van der Waals surface area contributed by atoms with E-state index < -0.39 is 37.4 Å². The van der Waals surface area contributed by atoms with E-state index in [2.05, 4.69) is 10.1 Å². The molecule has 0 bridgehead atoms. The van der Waals surface area contributed by atoms with Gasteiger partial charge in [-0.1, -0.05) is 45.7 Å². The van der Waals surface area contributed by atoms with E-state index in [0.29, 0.717) is 23.0 Å². The van der Waals surface area contributed by atoms with Gasteiger partial charge in [0.1, 0.15) is 5.75 Å². The monoisotopic (exact) mass is 535 g/mol. The van der Waals surface area contributed by atoms with E-state index in [-0.39, 0.29) is 21.8 Å². The van der Waals surface area contributed by atoms with Crippen LogP contribution in [0.1, 0.15) is 62.4 Å². The summed E-state index contributed by atoms with van der Waals surface area (Å²) in [5.74, 6) is -0.690. The largest absolute Gasteiger partial charge is 0.497 e. The number of sulfonamides is 2. The van der Waals surface area contributed by atoms with E-state index >= 15 is 0 Å². The van der Waals surface area contributed by atoms with Crippen LogP contribution in [0.5, 0.6) is 5.75 Å². The summed E-state index contributed by atoms with van der Waals surface area (Å²) in [5, 5.41) is -0.615. The summed E-state index contributed by atoms with van der Waals surface area (Å²) in [6, 6.07) is 12.4. The van der Waals surface area contributed by atoms with Crippen molar-refractivity contribution in [2.45, 2.75) is 68.2 Å². The SMILES string of the molecule is COc1ccc(S(=O)(=O)N(NC2NS(=O)(=O)C3CCCCC23)C(=O)c2ccc(C(C)(C)C)cc2)cc1. The molecule has 1 saturated carbocycles. The molecule has 0 radical (unpaired) electrons. The minimum Gasteiger partial charge on any atom is -0.497 e. The lowest BCUT2D eigenvalue weighted by Gasteiger charge is -2.31. The van der Waals surface area contributed by atoms with Crippen LogP contribution in [0.4, 0.5) is 0 Å². The van der Waals surface area contributed by atoms with Crippen molar-refractivity contribution in [1.82, 2.24) is 14.6 Å². The lowest BCUT2D eigenvalue weighted by Crippen LogP contribution is -2.56. The number of fused-ring (bicyclic) bond motifs is 1. The van der Waals surface area contributed by atoms with Crippen LogP contribution in [0.15, 0.2) is 53.4 Å². The normalized spacial score (nSPS) is 23.6. The number of nitrogens with zero attached hydrogens (tertiary/aromatic N) is 1. The molecule has 1 aliphatic heterocycles. The zero-order valence-corrected chi connectivity index (χ0v) is 22.5. The van der Waals surface area contributed by atoms with Crippen molar-refractivity contribution in [2.75, 3.05) is 7.11 Å². The molecule has 36 heavy (non-hydrogen) atoms. The molecule has 1 heterocycles. The van der Waals surface area contributed by atoms with Gasteiger partial charge in [-0.25, -0.2) is 8.42 Å². The Kier molecular flexibility index (Phi) is 7.22. The van der Waals surface area contributed by atoms with Gasteiger partial charge in [-0.05, 0) is 60.2 Å². The lowest BCUT2D eigenvalue weighted by molar-refractivity contribution is 0.0763. The smallest absolute Gasteiger partial charge is 0.282 e. The molecule has 2 aromatic carbocycles. The highest BCUT2D eigenvalue weighted by Gasteiger charge is 2.49. The van der Waals surface area contributed by atoms with E-state index in [0.717, 1.165) is 18.4 Å². The number of ether oxygens (including phenoxy) is 1. The quantitative estimate of drug-likeness (QED) is 0.545. The molecule has 2 fully saturated rings. The predicted molar refractivity (Wildman–Crippen MR) is 136 cm³/mol. The van der Waals surface area contributed by atoms with Gasteiger partial charge in [0.2, 0.25) is 10.0 Å². The molecule has 0 aromatic heterocycles. The molecular formula is C25H33N3O6S2. The fourth-order valence-electron chi connectivity index (χ4n) is 4.81. The minimum absolute atomic E-state index is 0.128. The number of hydrogen-bond acceptors (Lipinski definition) is 7. The Morgan fingerprint density at radius 1 is 1.03 bits per heavy atom. The van der Waals surface area contributed by atoms with Gasteiger partial charge in [0.05, 0.1) is 23.4 Å². The van der Waals surface area contributed by atoms with Crippen LogP contribution in [0, 0.1) is 5.92 Å². The van der Waals surface area contributed by atoms with Crippen molar-refractivity contribution >= 4 is 26.0 Å². The Morgan fingerprint density at radius 3 is 2.22 bits per heavy atom. The molecule has 0 spiro atoms. The highest BCUT2D eigenvalue weighted by atomic mass is 32.2. The Hall–Kier alpha value is -2.47. The van der Waals surface area contributed by atoms with Crippen molar-refractivity contribution in [1.29, 1.82) is 0 Å². The standard InChI is InChI=1S/C25H33N3O6S2/c1-25(2,3)18-11-9-17(10-12-18)24(29)28(36(32,33)20-15-13-19(34-4)14-16-20)26-23-21-7-5-6-8-22(21)35(30,31)27-23/h9-16,21-23,26-27H,5-8H2,1-4H3. The summed E-state index contributed by atoms with van der Waals surface area (Å²) < 4.78 is 61.1. The zero-order chi connectivity index (χ0) is 26.3. The van der Waals surface area contributed by atoms with Crippen molar-refractivity contribution < 1.29 is 26.4 Å². The molecule has 1 amide bonds. The molecule has 1 saturated heterocycles. The van der Waals surface area contributed by atoms with Gasteiger partial charge in [0.15, 0.2) is 0 Å². The van der Waals surface area contributed by atoms with Crippen LogP contribution in [0.25, 0.3) is 0 Å². The molecule has 3 unspecified atom stereocenters. The van der Waals surface area contributed by atoms with E-state index in [1.807, 2.05) is 20.8 Å². The van der Waals surface area contributed by atoms with E-state index in [9.17, 15) is 21.6 Å². The third kappa shape index (κ3) is 5.15. The van der Waals surface area contributed by atoms with Crippen LogP contribution < -0.4 is 14.9 Å². The summed E-state index contributed by atoms with van der Waals surface area (Å²) in [4.78, 5) is 13.5. The molecule has 9 nitrogen and oxygen atoms in total. The number of rotatable bonds is 6. The first-order chi connectivity index (χ1) is 16.8. The Bertz CT molecular complexity index is 1320. The van der Waals surface area contributed by atoms with Crippen LogP contribution >= 0.6 is 0 Å². The summed E-state index contributed by atoms with van der Waals surface area (Å²) in [5.41, 5.74) is 3.76. The third-order valence-corrected chi connectivity index (χ3v) is 10.5. The number of benzene rings is 2. The maximum absolute atomic E-state index is 13.7. The lowest BCUT2D eigenvalue weighted by atomic mass is 9.86. The topological polar surface area (TPSA) is 122 Å². The molecule has 2 aliphatic rings. The zero-order valence-electron chi connectivity index (χ0n) is 20.9. The second kappa shape index (κ2) is 9.77. The highest BCUT2D eigenvalue weighted by molar-refractivity contribution is 7.90. The second-order valence-electron chi connectivity index (χ2n) is 10.3. The molecule has 2 N–H and O–H groups in total. The maximum atomic E-state index is 13.7. The van der Waals surface area contributed by atoms with E-state index in [4.69, 9.17) is 4.74 Å². The van der Waals surface area contributed by atoms with Gasteiger partial charge >= 0.3 is 0 Å². The predicted octanol–water partition coefficient (Wildman–Crippen LogP) is 3.15. The summed E-state index contributed by atoms with van der Waals surface area (Å²) in [6.45, 7) is 6.12. The number of hydrazine groups is 1. The van der Waals surface area contributed by atoms with Crippen LogP contribution in [0.3, 0.4) is 0 Å². The molecule has 3 atom stereocenters. The highest BCUT2D eigenvalue weighted by Crippen LogP contribution is 2.36. The fourth-order valence-corrected chi connectivity index (χ4v) is 8.07. The number of nitrogens with one attached hydrogen (secondary N) is 2. The van der Waals surface area contributed by atoms with Crippen LogP contribution in [-0.2, 0) is 25.5 Å². The van der Waals surface area contributed by atoms with Gasteiger partial charge in [0.25, 0.3) is 15.9 Å². The minimum atomic E-state index is -4.39. The van der Waals surface area contributed by atoms with E-state index in [1.165, 1.54) is 31.4 Å². The van der Waals surface area contributed by atoms with Crippen molar-refractivity contribution in [3.8, 4) is 5.75 Å². The first-order valence-corrected chi connectivity index (χ1v) is 14.9. The van der Waals surface area contributed by atoms with Crippen molar-refractivity contribution in [3.63, 3.8) is 0 Å². The summed E-state index contributed by atoms with van der Waals surface area (Å²) in [6.07, 6.45) is 1.82. The third-order valence-electron chi connectivity index (χ3n) is 6.91. The Labute approximate surface area is 213 Å². The van der Waals surface area contributed by atoms with Gasteiger partial charge < -0.3 is 4.74 Å². The van der Waals surface area contributed by atoms with Gasteiger partial charge in [0, 0.05) is 11.5 Å². The number of carbonyl (C=O) groups excluding carboxylic acids is 1. The van der Waals surface area contributed by atoms with Gasteiger partial charge in [-0.3, -0.25) is 4.79 Å². The summed E-state index contributed by atoms with van der Waals surface area (Å²) in [7, 11) is -6.56. The number of hydrogen-bond donors (Lipinski definition) is 2. The molecule has 2 aromatic rings.